The van der Waals surface area contributed by atoms with Crippen LogP contribution in [-0.4, -0.2) is 36.4 Å². The maximum atomic E-state index is 12.6. The fourth-order valence-corrected chi connectivity index (χ4v) is 3.14. The highest BCUT2D eigenvalue weighted by Crippen LogP contribution is 2.18. The van der Waals surface area contributed by atoms with Gasteiger partial charge in [0, 0.05) is 56.6 Å². The van der Waals surface area contributed by atoms with E-state index in [1.807, 2.05) is 37.5 Å². The van der Waals surface area contributed by atoms with Crippen molar-refractivity contribution in [2.45, 2.75) is 32.9 Å². The fraction of sp³-hybridized carbons (Fsp3) is 0.316. The summed E-state index contributed by atoms with van der Waals surface area (Å²) in [6.45, 7) is 4.19. The Morgan fingerprint density at radius 3 is 2.77 bits per heavy atom. The predicted octanol–water partition coefficient (Wildman–Crippen LogP) is 1.74. The number of hydrogen-bond donors (Lipinski definition) is 1. The first kappa shape index (κ1) is 16.5. The van der Waals surface area contributed by atoms with Crippen molar-refractivity contribution < 1.29 is 0 Å². The van der Waals surface area contributed by atoms with Gasteiger partial charge >= 0.3 is 0 Å². The molecule has 0 fully saturated rings. The number of rotatable bonds is 4. The minimum Gasteiger partial charge on any atom is -0.305 e. The molecule has 0 atom stereocenters. The van der Waals surface area contributed by atoms with Gasteiger partial charge in [0.1, 0.15) is 11.5 Å². The van der Waals surface area contributed by atoms with Crippen molar-refractivity contribution in [3.8, 4) is 11.5 Å². The summed E-state index contributed by atoms with van der Waals surface area (Å²) in [7, 11) is 0. The van der Waals surface area contributed by atoms with Gasteiger partial charge in [-0.3, -0.25) is 14.7 Å². The zero-order chi connectivity index (χ0) is 17.9. The molecule has 3 aromatic rings. The van der Waals surface area contributed by atoms with Crippen LogP contribution in [0, 0.1) is 0 Å². The number of H-pyrrole nitrogens is 1. The number of hydrogen-bond acceptors (Lipinski definition) is 6. The van der Waals surface area contributed by atoms with E-state index < -0.39 is 0 Å². The van der Waals surface area contributed by atoms with Crippen LogP contribution in [0.4, 0.5) is 0 Å². The second kappa shape index (κ2) is 7.13. The summed E-state index contributed by atoms with van der Waals surface area (Å²) >= 11 is 0. The molecule has 0 radical (unpaired) electrons. The quantitative estimate of drug-likeness (QED) is 0.773. The van der Waals surface area contributed by atoms with Crippen molar-refractivity contribution in [2.24, 2.45) is 0 Å². The fourth-order valence-electron chi connectivity index (χ4n) is 3.14. The van der Waals surface area contributed by atoms with Crippen molar-refractivity contribution >= 4 is 0 Å². The Bertz CT molecular complexity index is 952. The van der Waals surface area contributed by atoms with Gasteiger partial charge in [0.2, 0.25) is 0 Å². The second-order valence-electron chi connectivity index (χ2n) is 6.38. The Kier molecular flexibility index (Phi) is 4.53. The van der Waals surface area contributed by atoms with E-state index in [0.717, 1.165) is 48.6 Å². The van der Waals surface area contributed by atoms with Gasteiger partial charge in [-0.25, -0.2) is 15.0 Å². The highest BCUT2D eigenvalue weighted by atomic mass is 16.1. The summed E-state index contributed by atoms with van der Waals surface area (Å²) in [5.74, 6) is 1.38. The van der Waals surface area contributed by atoms with Gasteiger partial charge in [-0.15, -0.1) is 0 Å². The van der Waals surface area contributed by atoms with Gasteiger partial charge in [-0.2, -0.15) is 0 Å². The maximum absolute atomic E-state index is 12.6. The molecular weight excluding hydrogens is 328 g/mol. The average molecular weight is 348 g/mol. The van der Waals surface area contributed by atoms with Crippen molar-refractivity contribution in [1.82, 2.24) is 29.8 Å². The molecule has 1 aliphatic heterocycles. The molecule has 26 heavy (non-hydrogen) atoms. The van der Waals surface area contributed by atoms with Crippen LogP contribution in [0.25, 0.3) is 11.5 Å². The number of nitrogens with zero attached hydrogens (tertiary/aromatic N) is 5. The molecule has 0 spiro atoms. The van der Waals surface area contributed by atoms with Gasteiger partial charge in [-0.05, 0) is 12.1 Å². The van der Waals surface area contributed by atoms with Crippen LogP contribution >= 0.6 is 0 Å². The second-order valence-corrected chi connectivity index (χ2v) is 6.38. The standard InChI is InChI=1S/C19H20N6O/c1-2-17-21-9-13(10-22-17)11-25-8-6-15-14(12-25)19(26)24-18(23-15)16-5-3-4-7-20-16/h3-5,7,9-10H,2,6,8,11-12H2,1H3,(H,23,24,26). The summed E-state index contributed by atoms with van der Waals surface area (Å²) in [4.78, 5) is 35.3. The van der Waals surface area contributed by atoms with Gasteiger partial charge in [0.15, 0.2) is 5.82 Å². The molecule has 0 amide bonds. The zero-order valence-electron chi connectivity index (χ0n) is 14.6. The molecule has 0 saturated carbocycles. The van der Waals surface area contributed by atoms with Gasteiger partial charge in [0.25, 0.3) is 5.56 Å². The van der Waals surface area contributed by atoms with Crippen LogP contribution in [0.15, 0.2) is 41.6 Å². The lowest BCUT2D eigenvalue weighted by Gasteiger charge is -2.27. The highest BCUT2D eigenvalue weighted by Gasteiger charge is 2.22. The molecule has 0 saturated heterocycles. The topological polar surface area (TPSA) is 87.7 Å². The van der Waals surface area contributed by atoms with Crippen LogP contribution in [0.2, 0.25) is 0 Å². The summed E-state index contributed by atoms with van der Waals surface area (Å²) in [5.41, 5.74) is 3.26. The van der Waals surface area contributed by atoms with Gasteiger partial charge < -0.3 is 4.98 Å². The molecule has 4 heterocycles. The predicted molar refractivity (Wildman–Crippen MR) is 97.3 cm³/mol. The number of aryl methyl sites for hydroxylation is 1. The average Bonchev–Trinajstić information content (AvgIpc) is 2.69. The molecular formula is C19H20N6O. The first-order chi connectivity index (χ1) is 12.7. The lowest BCUT2D eigenvalue weighted by Crippen LogP contribution is -2.35. The summed E-state index contributed by atoms with van der Waals surface area (Å²) in [6.07, 6.45) is 7.01. The van der Waals surface area contributed by atoms with Crippen molar-refractivity contribution in [3.63, 3.8) is 0 Å². The SMILES string of the molecule is CCc1ncc(CN2CCc3nc(-c4ccccn4)[nH]c(=O)c3C2)cn1. The van der Waals surface area contributed by atoms with E-state index >= 15 is 0 Å². The first-order valence-corrected chi connectivity index (χ1v) is 8.78. The van der Waals surface area contributed by atoms with E-state index in [1.54, 1.807) is 6.20 Å². The molecule has 7 nitrogen and oxygen atoms in total. The lowest BCUT2D eigenvalue weighted by molar-refractivity contribution is 0.241. The third kappa shape index (κ3) is 3.39. The zero-order valence-corrected chi connectivity index (χ0v) is 14.6. The van der Waals surface area contributed by atoms with Crippen LogP contribution < -0.4 is 5.56 Å². The van der Waals surface area contributed by atoms with E-state index in [0.29, 0.717) is 18.1 Å². The Morgan fingerprint density at radius 2 is 2.04 bits per heavy atom. The Balaban J connectivity index is 1.54. The molecule has 0 bridgehead atoms. The third-order valence-electron chi connectivity index (χ3n) is 4.54. The van der Waals surface area contributed by atoms with Crippen molar-refractivity contribution in [2.75, 3.05) is 6.54 Å². The van der Waals surface area contributed by atoms with Crippen molar-refractivity contribution in [3.05, 3.63) is 69.8 Å². The molecule has 7 heteroatoms. The van der Waals surface area contributed by atoms with Crippen LogP contribution in [0.1, 0.15) is 29.6 Å². The van der Waals surface area contributed by atoms with E-state index in [9.17, 15) is 4.79 Å². The number of nitrogens with one attached hydrogen (secondary N) is 1. The Labute approximate surface area is 151 Å². The maximum Gasteiger partial charge on any atom is 0.255 e. The van der Waals surface area contributed by atoms with Gasteiger partial charge in [0.05, 0.1) is 11.3 Å². The summed E-state index contributed by atoms with van der Waals surface area (Å²) in [6, 6.07) is 5.57. The van der Waals surface area contributed by atoms with E-state index in [1.165, 1.54) is 0 Å². The highest BCUT2D eigenvalue weighted by molar-refractivity contribution is 5.49. The molecule has 132 valence electrons. The minimum atomic E-state index is -0.0852. The van der Waals surface area contributed by atoms with E-state index in [4.69, 9.17) is 0 Å². The number of aromatic nitrogens is 5. The number of aromatic amines is 1. The summed E-state index contributed by atoms with van der Waals surface area (Å²) < 4.78 is 0. The lowest BCUT2D eigenvalue weighted by atomic mass is 10.1. The number of pyridine rings is 1. The smallest absolute Gasteiger partial charge is 0.255 e. The van der Waals surface area contributed by atoms with Gasteiger partial charge in [-0.1, -0.05) is 13.0 Å². The molecule has 0 unspecified atom stereocenters. The normalized spacial score (nSPS) is 14.2. The van der Waals surface area contributed by atoms with E-state index in [-0.39, 0.29) is 5.56 Å². The first-order valence-electron chi connectivity index (χ1n) is 8.78. The summed E-state index contributed by atoms with van der Waals surface area (Å²) in [5, 5.41) is 0. The molecule has 0 aliphatic carbocycles. The molecule has 4 rings (SSSR count). The molecule has 0 aromatic carbocycles. The Morgan fingerprint density at radius 1 is 1.19 bits per heavy atom. The van der Waals surface area contributed by atoms with Crippen LogP contribution in [0.3, 0.4) is 0 Å². The van der Waals surface area contributed by atoms with E-state index in [2.05, 4.69) is 29.8 Å². The molecule has 3 aromatic heterocycles. The van der Waals surface area contributed by atoms with Crippen molar-refractivity contribution in [1.29, 1.82) is 0 Å². The largest absolute Gasteiger partial charge is 0.305 e. The number of fused-ring (bicyclic) bond motifs is 1. The monoisotopic (exact) mass is 348 g/mol. The molecule has 1 N–H and O–H groups in total. The minimum absolute atomic E-state index is 0.0852. The Hall–Kier alpha value is -2.93. The van der Waals surface area contributed by atoms with Crippen LogP contribution in [0.5, 0.6) is 0 Å². The molecule has 1 aliphatic rings. The van der Waals surface area contributed by atoms with Crippen LogP contribution in [-0.2, 0) is 25.9 Å². The third-order valence-corrected chi connectivity index (χ3v) is 4.54.